The molecule has 6 heteroatoms. The number of hydrogen-bond donors (Lipinski definition) is 1. The van der Waals surface area contributed by atoms with Crippen LogP contribution in [0.2, 0.25) is 0 Å². The average Bonchev–Trinajstić information content (AvgIpc) is 3.10. The molecule has 0 saturated heterocycles. The Hall–Kier alpha value is -1.86. The van der Waals surface area contributed by atoms with E-state index in [-0.39, 0.29) is 4.65 Å². The van der Waals surface area contributed by atoms with Gasteiger partial charge in [0.15, 0.2) is 5.70 Å². The molecule has 132 valence electrons. The zero-order valence-corrected chi connectivity index (χ0v) is 15.9. The highest BCUT2D eigenvalue weighted by Gasteiger charge is 2.37. The number of rotatable bonds is 3. The highest BCUT2D eigenvalue weighted by atomic mass is 32.2. The van der Waals surface area contributed by atoms with Crippen LogP contribution in [0.3, 0.4) is 0 Å². The molecule has 0 spiro atoms. The summed E-state index contributed by atoms with van der Waals surface area (Å²) in [6, 6.07) is 10.4. The van der Waals surface area contributed by atoms with E-state index in [4.69, 9.17) is 0 Å². The van der Waals surface area contributed by atoms with Crippen molar-refractivity contribution in [2.75, 3.05) is 18.8 Å². The Bertz CT molecular complexity index is 1040. The van der Waals surface area contributed by atoms with Crippen LogP contribution in [0.15, 0.2) is 58.2 Å². The van der Waals surface area contributed by atoms with Gasteiger partial charge in [-0.3, -0.25) is 0 Å². The molecule has 0 bridgehead atoms. The quantitative estimate of drug-likeness (QED) is 0.655. The molecule has 1 unspecified atom stereocenters. The van der Waals surface area contributed by atoms with Crippen molar-refractivity contribution in [3.05, 3.63) is 78.9 Å². The van der Waals surface area contributed by atoms with Crippen molar-refractivity contribution < 1.29 is 4.65 Å². The molecule has 1 aromatic heterocycles. The molecule has 1 aromatic carbocycles. The fourth-order valence-corrected chi connectivity index (χ4v) is 5.82. The number of allylic oxidation sites excluding steroid dienone is 3. The van der Waals surface area contributed by atoms with Crippen LogP contribution in [0, 0.1) is 5.21 Å². The molecule has 0 amide bonds. The fraction of sp³-hybridized carbons (Fsp3) is 0.250. The predicted octanol–water partition coefficient (Wildman–Crippen LogP) is 2.44. The van der Waals surface area contributed by atoms with Gasteiger partial charge >= 0.3 is 0 Å². The number of thioether (sulfide) groups is 1. The van der Waals surface area contributed by atoms with Gasteiger partial charge in [0.2, 0.25) is 0 Å². The van der Waals surface area contributed by atoms with Crippen LogP contribution in [0.5, 0.6) is 0 Å². The molecule has 3 heterocycles. The van der Waals surface area contributed by atoms with Crippen molar-refractivity contribution in [3.63, 3.8) is 0 Å². The van der Waals surface area contributed by atoms with Gasteiger partial charge in [0.05, 0.1) is 26.8 Å². The third kappa shape index (κ3) is 2.74. The number of aromatic nitrogens is 1. The fourth-order valence-electron chi connectivity index (χ4n) is 3.83. The molecular formula is C20H19N3OS2. The highest BCUT2D eigenvalue weighted by molar-refractivity contribution is 8.03. The minimum atomic E-state index is -0.233. The molecule has 5 rings (SSSR count). The van der Waals surface area contributed by atoms with E-state index in [1.807, 2.05) is 11.6 Å². The van der Waals surface area contributed by atoms with Crippen molar-refractivity contribution in [1.29, 1.82) is 0 Å². The molecule has 1 atom stereocenters. The minimum Gasteiger partial charge on any atom is -0.627 e. The van der Waals surface area contributed by atoms with E-state index in [1.54, 1.807) is 23.1 Å². The Morgan fingerprint density at radius 3 is 3.00 bits per heavy atom. The first-order valence-corrected chi connectivity index (χ1v) is 10.7. The van der Waals surface area contributed by atoms with Gasteiger partial charge in [-0.25, -0.2) is 4.98 Å². The van der Waals surface area contributed by atoms with Gasteiger partial charge in [-0.2, -0.15) is 0 Å². The van der Waals surface area contributed by atoms with E-state index in [0.29, 0.717) is 13.1 Å². The minimum absolute atomic E-state index is 0.233. The third-order valence-electron chi connectivity index (χ3n) is 5.12. The number of nitrogens with one attached hydrogen (secondary N) is 1. The second-order valence-corrected chi connectivity index (χ2v) is 8.81. The Balaban J connectivity index is 1.58. The van der Waals surface area contributed by atoms with Gasteiger partial charge in [0, 0.05) is 30.0 Å². The Kier molecular flexibility index (Phi) is 4.01. The summed E-state index contributed by atoms with van der Waals surface area (Å²) in [5, 5.41) is 18.1. The van der Waals surface area contributed by atoms with E-state index in [1.165, 1.54) is 11.3 Å². The first-order valence-electron chi connectivity index (χ1n) is 8.80. The number of fused-ring (bicyclic) bond motifs is 1. The van der Waals surface area contributed by atoms with E-state index >= 15 is 0 Å². The number of thiazole rings is 1. The smallest absolute Gasteiger partial charge is 0.152 e. The molecule has 0 radical (unpaired) electrons. The Morgan fingerprint density at radius 1 is 1.23 bits per heavy atom. The second-order valence-electron chi connectivity index (χ2n) is 6.79. The summed E-state index contributed by atoms with van der Waals surface area (Å²) in [5.41, 5.74) is 6.39. The SMILES string of the molecule is [O-][N+]12CC=c3scnc3=C3CC(NCc4ccccc4)=CC(=C31)SCC2. The van der Waals surface area contributed by atoms with Gasteiger partial charge in [0.1, 0.15) is 6.54 Å². The number of hydroxylamine groups is 3. The van der Waals surface area contributed by atoms with Crippen LogP contribution in [0.25, 0.3) is 11.6 Å². The van der Waals surface area contributed by atoms with Gasteiger partial charge in [-0.15, -0.1) is 23.1 Å². The number of benzene rings is 1. The highest BCUT2D eigenvalue weighted by Crippen LogP contribution is 2.43. The first kappa shape index (κ1) is 16.3. The molecule has 26 heavy (non-hydrogen) atoms. The van der Waals surface area contributed by atoms with Crippen LogP contribution < -0.4 is 15.2 Å². The monoisotopic (exact) mass is 381 g/mol. The lowest BCUT2D eigenvalue weighted by Gasteiger charge is -2.47. The lowest BCUT2D eigenvalue weighted by molar-refractivity contribution is -0.827. The normalized spacial score (nSPS) is 24.2. The van der Waals surface area contributed by atoms with Gasteiger partial charge in [0.25, 0.3) is 0 Å². The zero-order valence-electron chi connectivity index (χ0n) is 14.3. The summed E-state index contributed by atoms with van der Waals surface area (Å²) >= 11 is 3.44. The van der Waals surface area contributed by atoms with E-state index in [2.05, 4.69) is 46.7 Å². The maximum absolute atomic E-state index is 13.5. The molecular weight excluding hydrogens is 362 g/mol. The Labute approximate surface area is 160 Å². The predicted molar refractivity (Wildman–Crippen MR) is 108 cm³/mol. The standard InChI is InChI=1S/C20H19N3OS2/c24-23-7-6-17-19(22-13-26-17)16-10-15(11-18(20(16)23)25-9-8-23)21-12-14-4-2-1-3-5-14/h1-6,11,13,21H,7-10,12H2. The molecule has 0 saturated carbocycles. The van der Waals surface area contributed by atoms with E-state index < -0.39 is 0 Å². The third-order valence-corrected chi connectivity index (χ3v) is 6.96. The van der Waals surface area contributed by atoms with Gasteiger partial charge in [-0.1, -0.05) is 30.3 Å². The van der Waals surface area contributed by atoms with Crippen molar-refractivity contribution in [2.45, 2.75) is 13.0 Å². The summed E-state index contributed by atoms with van der Waals surface area (Å²) in [7, 11) is 0. The topological polar surface area (TPSA) is 48.0 Å². The number of nitrogens with zero attached hydrogens (tertiary/aromatic N) is 2. The summed E-state index contributed by atoms with van der Waals surface area (Å²) in [4.78, 5) is 5.74. The average molecular weight is 382 g/mol. The maximum Gasteiger partial charge on any atom is 0.152 e. The molecule has 2 aromatic rings. The first-order chi connectivity index (χ1) is 12.7. The van der Waals surface area contributed by atoms with Crippen LogP contribution in [0.1, 0.15) is 12.0 Å². The molecule has 1 aliphatic carbocycles. The van der Waals surface area contributed by atoms with E-state index in [0.717, 1.165) is 44.8 Å². The van der Waals surface area contributed by atoms with Gasteiger partial charge < -0.3 is 15.2 Å². The van der Waals surface area contributed by atoms with Crippen LogP contribution >= 0.6 is 23.1 Å². The number of quaternary nitrogens is 1. The Morgan fingerprint density at radius 2 is 2.12 bits per heavy atom. The lowest BCUT2D eigenvalue weighted by atomic mass is 9.99. The largest absolute Gasteiger partial charge is 0.627 e. The van der Waals surface area contributed by atoms with Crippen molar-refractivity contribution in [1.82, 2.24) is 10.3 Å². The van der Waals surface area contributed by atoms with E-state index in [9.17, 15) is 5.21 Å². The van der Waals surface area contributed by atoms with Crippen molar-refractivity contribution in [3.8, 4) is 0 Å². The molecule has 0 fully saturated rings. The number of hydrogen-bond acceptors (Lipinski definition) is 5. The van der Waals surface area contributed by atoms with Gasteiger partial charge in [-0.05, 0) is 17.7 Å². The summed E-state index contributed by atoms with van der Waals surface area (Å²) in [5.74, 6) is 0.868. The maximum atomic E-state index is 13.5. The molecule has 3 aliphatic rings. The van der Waals surface area contributed by atoms with Crippen molar-refractivity contribution >= 4 is 34.7 Å². The van der Waals surface area contributed by atoms with Crippen LogP contribution in [-0.4, -0.2) is 28.5 Å². The zero-order chi connectivity index (χ0) is 17.6. The van der Waals surface area contributed by atoms with Crippen LogP contribution in [-0.2, 0) is 6.54 Å². The summed E-state index contributed by atoms with van der Waals surface area (Å²) in [6.45, 7) is 1.94. The summed E-state index contributed by atoms with van der Waals surface area (Å²) in [6.07, 6.45) is 5.02. The molecule has 2 aliphatic heterocycles. The van der Waals surface area contributed by atoms with Crippen LogP contribution in [0.4, 0.5) is 0 Å². The molecule has 4 nitrogen and oxygen atoms in total. The van der Waals surface area contributed by atoms with Crippen molar-refractivity contribution in [2.24, 2.45) is 0 Å². The lowest BCUT2D eigenvalue weighted by Crippen LogP contribution is -2.46. The summed E-state index contributed by atoms with van der Waals surface area (Å²) < 4.78 is 0.910. The molecule has 1 N–H and O–H groups in total. The second kappa shape index (κ2) is 6.39.